The number of imidazole rings is 1. The van der Waals surface area contributed by atoms with Gasteiger partial charge >= 0.3 is 18.0 Å². The second-order valence-electron chi connectivity index (χ2n) is 16.6. The number of rotatable bonds is 7. The minimum Gasteiger partial charge on any atom is -0.466 e. The smallest absolute Gasteiger partial charge is 0.420 e. The molecule has 2 aromatic heterocycles. The molecule has 1 atom stereocenters. The molecule has 13 nitrogen and oxygen atoms in total. The van der Waals surface area contributed by atoms with Gasteiger partial charge in [-0.15, -0.1) is 0 Å². The van der Waals surface area contributed by atoms with E-state index in [1.807, 2.05) is 24.3 Å². The minimum absolute atomic E-state index is 0.0306. The van der Waals surface area contributed by atoms with Gasteiger partial charge in [0.1, 0.15) is 29.0 Å². The van der Waals surface area contributed by atoms with E-state index in [1.54, 1.807) is 58.5 Å². The Morgan fingerprint density at radius 1 is 0.984 bits per heavy atom. The fourth-order valence-corrected chi connectivity index (χ4v) is 9.23. The van der Waals surface area contributed by atoms with E-state index in [1.165, 1.54) is 19.1 Å². The number of carbonyl (C=O) groups is 3. The van der Waals surface area contributed by atoms with Crippen LogP contribution in [0.25, 0.3) is 28.4 Å². The summed E-state index contributed by atoms with van der Waals surface area (Å²) in [6.07, 6.45) is 4.91. The fourth-order valence-electron chi connectivity index (χ4n) is 7.29. The Balaban J connectivity index is 1.53. The number of sulfone groups is 1. The van der Waals surface area contributed by atoms with Crippen molar-refractivity contribution in [1.82, 2.24) is 19.3 Å². The first kappa shape index (κ1) is 44.6. The number of halogens is 2. The third kappa shape index (κ3) is 10.5. The van der Waals surface area contributed by atoms with Crippen LogP contribution in [0.4, 0.5) is 13.6 Å². The molecule has 0 radical (unpaired) electrons. The summed E-state index contributed by atoms with van der Waals surface area (Å²) in [7, 11) is -4.49. The van der Waals surface area contributed by atoms with Crippen molar-refractivity contribution in [3.05, 3.63) is 100 Å². The fraction of sp³-hybridized carbons (Fsp3) is 0.400. The molecule has 61 heavy (non-hydrogen) atoms. The zero-order valence-corrected chi connectivity index (χ0v) is 36.1. The third-order valence-electron chi connectivity index (χ3n) is 9.99. The number of ether oxygens (including phenoxy) is 4. The Morgan fingerprint density at radius 3 is 2.46 bits per heavy atom. The van der Waals surface area contributed by atoms with E-state index in [0.717, 1.165) is 40.2 Å². The SMILES string of the molecule is CCOC(=O)CCc1cccc(C2CCCC(C)(C)CS(=O)(=O)/C(C(=O)OCC)=C/c3c(c(F)cc4c3ncn4C(=O)OC(C)(C)C)Oc3ccc(F)c(c3)-c3ccn2n3)c1. The first-order valence-electron chi connectivity index (χ1n) is 20.1. The number of nitrogens with zero attached hydrogens (tertiary/aromatic N) is 4. The maximum absolute atomic E-state index is 16.5. The quantitative estimate of drug-likeness (QED) is 0.113. The largest absolute Gasteiger partial charge is 0.466 e. The molecule has 324 valence electrons. The molecule has 16 heteroatoms. The van der Waals surface area contributed by atoms with Crippen molar-refractivity contribution in [2.75, 3.05) is 19.0 Å². The normalized spacial score (nSPS) is 17.5. The second-order valence-corrected chi connectivity index (χ2v) is 18.6. The lowest BCUT2D eigenvalue weighted by Crippen LogP contribution is -2.28. The standard InChI is InChI=1S/C45H50F2N4O9S/c1-8-57-39(52)18-15-28-12-10-13-29(22-28)36-14-11-20-45(6,7)26-61(55,56)38(42(53)58-9-2)24-32-40-37(50(27-48-40)43(54)60-44(3,4)5)25-34(47)41(32)59-30-16-17-33(46)31(23-30)35-19-21-51(36)49-35/h10,12-13,16-17,19,21-25,27,36H,8-9,11,14-15,18,20,26H2,1-7H3/b38-24+. The number of hydrogen-bond acceptors (Lipinski definition) is 11. The Hall–Kier alpha value is -5.90. The molecule has 0 fully saturated rings. The van der Waals surface area contributed by atoms with Gasteiger partial charge in [0.25, 0.3) is 0 Å². The molecule has 0 amide bonds. The van der Waals surface area contributed by atoms with Gasteiger partial charge < -0.3 is 18.9 Å². The number of aromatic nitrogens is 4. The van der Waals surface area contributed by atoms with Crippen molar-refractivity contribution in [2.24, 2.45) is 5.41 Å². The van der Waals surface area contributed by atoms with Crippen molar-refractivity contribution in [3.8, 4) is 22.8 Å². The second kappa shape index (κ2) is 18.0. The van der Waals surface area contributed by atoms with E-state index in [2.05, 4.69) is 4.98 Å². The molecule has 0 saturated carbocycles. The Bertz CT molecular complexity index is 2610. The number of fused-ring (bicyclic) bond motifs is 8. The molecule has 1 aliphatic rings. The van der Waals surface area contributed by atoms with Crippen LogP contribution in [0.1, 0.15) is 96.9 Å². The molecule has 5 aromatic rings. The highest BCUT2D eigenvalue weighted by atomic mass is 32.2. The summed E-state index contributed by atoms with van der Waals surface area (Å²) in [5.74, 6) is -4.28. The van der Waals surface area contributed by atoms with E-state index < -0.39 is 61.0 Å². The summed E-state index contributed by atoms with van der Waals surface area (Å²) in [4.78, 5) is 42.6. The molecule has 6 rings (SSSR count). The van der Waals surface area contributed by atoms with Crippen LogP contribution in [0.2, 0.25) is 0 Å². The van der Waals surface area contributed by atoms with E-state index in [-0.39, 0.29) is 65.2 Å². The first-order valence-corrected chi connectivity index (χ1v) is 21.8. The summed E-state index contributed by atoms with van der Waals surface area (Å²) < 4.78 is 85.9. The number of carbonyl (C=O) groups excluding carboxylic acids is 3. The molecule has 0 N–H and O–H groups in total. The average Bonchev–Trinajstić information content (AvgIpc) is 3.83. The lowest BCUT2D eigenvalue weighted by atomic mass is 9.87. The molecule has 0 saturated heterocycles. The van der Waals surface area contributed by atoms with Crippen molar-refractivity contribution in [2.45, 2.75) is 92.2 Å². The van der Waals surface area contributed by atoms with Gasteiger partial charge in [-0.3, -0.25) is 9.48 Å². The van der Waals surface area contributed by atoms with Crippen LogP contribution in [0.15, 0.2) is 72.0 Å². The molecule has 3 aromatic carbocycles. The van der Waals surface area contributed by atoms with Crippen LogP contribution < -0.4 is 4.74 Å². The summed E-state index contributed by atoms with van der Waals surface area (Å²) in [6, 6.07) is 13.7. The highest BCUT2D eigenvalue weighted by Crippen LogP contribution is 2.40. The van der Waals surface area contributed by atoms with Crippen LogP contribution in [-0.4, -0.2) is 70.3 Å². The minimum atomic E-state index is -4.49. The predicted octanol–water partition coefficient (Wildman–Crippen LogP) is 9.37. The third-order valence-corrected chi connectivity index (χ3v) is 12.1. The van der Waals surface area contributed by atoms with Crippen molar-refractivity contribution in [3.63, 3.8) is 0 Å². The molecule has 0 spiro atoms. The number of hydrogen-bond donors (Lipinski definition) is 0. The van der Waals surface area contributed by atoms with Crippen molar-refractivity contribution < 1.29 is 50.5 Å². The van der Waals surface area contributed by atoms with Gasteiger partial charge in [-0.25, -0.2) is 36.3 Å². The van der Waals surface area contributed by atoms with Gasteiger partial charge in [0.05, 0.1) is 36.2 Å². The van der Waals surface area contributed by atoms with Crippen LogP contribution in [0, 0.1) is 17.0 Å². The molecule has 0 aliphatic carbocycles. The van der Waals surface area contributed by atoms with Crippen molar-refractivity contribution >= 4 is 45.0 Å². The predicted molar refractivity (Wildman–Crippen MR) is 225 cm³/mol. The highest BCUT2D eigenvalue weighted by Gasteiger charge is 2.35. The molecular formula is C45H50F2N4O9S. The van der Waals surface area contributed by atoms with Crippen LogP contribution in [0.3, 0.4) is 0 Å². The Labute approximate surface area is 353 Å². The van der Waals surface area contributed by atoms with E-state index in [4.69, 9.17) is 24.0 Å². The molecular weight excluding hydrogens is 811 g/mol. The van der Waals surface area contributed by atoms with Gasteiger partial charge in [-0.1, -0.05) is 44.5 Å². The molecule has 1 unspecified atom stereocenters. The number of aryl methyl sites for hydroxylation is 1. The van der Waals surface area contributed by atoms with Crippen LogP contribution >= 0.6 is 0 Å². The van der Waals surface area contributed by atoms with E-state index >= 15 is 8.78 Å². The monoisotopic (exact) mass is 860 g/mol. The van der Waals surface area contributed by atoms with Crippen LogP contribution in [0.5, 0.6) is 11.5 Å². The van der Waals surface area contributed by atoms with E-state index in [0.29, 0.717) is 25.7 Å². The van der Waals surface area contributed by atoms with Crippen molar-refractivity contribution in [1.29, 1.82) is 0 Å². The molecule has 4 bridgehead atoms. The van der Waals surface area contributed by atoms with Gasteiger partial charge in [-0.2, -0.15) is 5.10 Å². The maximum atomic E-state index is 16.5. The first-order chi connectivity index (χ1) is 28.8. The topological polar surface area (TPSA) is 158 Å². The lowest BCUT2D eigenvalue weighted by molar-refractivity contribution is -0.143. The van der Waals surface area contributed by atoms with Gasteiger partial charge in [0, 0.05) is 29.8 Å². The zero-order valence-electron chi connectivity index (χ0n) is 35.3. The number of benzene rings is 3. The maximum Gasteiger partial charge on any atom is 0.420 e. The summed E-state index contributed by atoms with van der Waals surface area (Å²) in [5, 5.41) is 4.81. The molecule has 3 heterocycles. The summed E-state index contributed by atoms with van der Waals surface area (Å²) in [6.45, 7) is 11.9. The summed E-state index contributed by atoms with van der Waals surface area (Å²) in [5.41, 5.74) is -0.253. The number of esters is 2. The van der Waals surface area contributed by atoms with Gasteiger partial charge in [-0.05, 0) is 101 Å². The zero-order chi connectivity index (χ0) is 44.3. The van der Waals surface area contributed by atoms with E-state index in [9.17, 15) is 22.8 Å². The van der Waals surface area contributed by atoms with Gasteiger partial charge in [0.2, 0.25) is 0 Å². The van der Waals surface area contributed by atoms with Crippen LogP contribution in [-0.2, 0) is 40.1 Å². The highest BCUT2D eigenvalue weighted by molar-refractivity contribution is 7.96. The Kier molecular flexibility index (Phi) is 13.2. The lowest BCUT2D eigenvalue weighted by Gasteiger charge is -2.26. The molecule has 1 aliphatic heterocycles. The Morgan fingerprint density at radius 2 is 1.74 bits per heavy atom. The average molecular weight is 861 g/mol. The van der Waals surface area contributed by atoms with Gasteiger partial charge in [0.15, 0.2) is 26.3 Å². The summed E-state index contributed by atoms with van der Waals surface area (Å²) >= 11 is 0.